The van der Waals surface area contributed by atoms with Crippen LogP contribution < -0.4 is 5.32 Å². The second-order valence-electron chi connectivity index (χ2n) is 3.88. The van der Waals surface area contributed by atoms with E-state index in [4.69, 9.17) is 0 Å². The van der Waals surface area contributed by atoms with Gasteiger partial charge in [-0.3, -0.25) is 0 Å². The minimum atomic E-state index is 0.903. The van der Waals surface area contributed by atoms with Crippen LogP contribution in [0.3, 0.4) is 0 Å². The molecule has 0 aliphatic carbocycles. The second-order valence-corrected chi connectivity index (χ2v) is 5.19. The number of hydrogen-bond donors (Lipinski definition) is 1. The van der Waals surface area contributed by atoms with Gasteiger partial charge in [0.25, 0.3) is 0 Å². The summed E-state index contributed by atoms with van der Waals surface area (Å²) in [6.45, 7) is 6.01. The minimum Gasteiger partial charge on any atom is -0.308 e. The molecule has 0 unspecified atom stereocenters. The number of nitrogens with one attached hydrogen (secondary N) is 1. The van der Waals surface area contributed by atoms with Gasteiger partial charge < -0.3 is 5.32 Å². The first kappa shape index (κ1) is 11.3. The first-order chi connectivity index (χ1) is 7.75. The highest BCUT2D eigenvalue weighted by Gasteiger charge is 1.99. The molecule has 2 aromatic rings. The molecule has 1 aromatic carbocycles. The average molecular weight is 232 g/mol. The SMILES string of the molecule is Cc1ncc(CNCc2ccccc2C)s1. The third-order valence-corrected chi connectivity index (χ3v) is 3.46. The molecule has 0 bridgehead atoms. The molecule has 1 N–H and O–H groups in total. The lowest BCUT2D eigenvalue weighted by atomic mass is 10.1. The molecular formula is C13H16N2S. The molecule has 0 radical (unpaired) electrons. The molecule has 0 spiro atoms. The zero-order valence-electron chi connectivity index (χ0n) is 9.66. The normalized spacial score (nSPS) is 10.6. The standard InChI is InChI=1S/C13H16N2S/c1-10-5-3-4-6-12(10)7-14-8-13-9-15-11(2)16-13/h3-6,9,14H,7-8H2,1-2H3. The molecule has 1 heterocycles. The van der Waals surface area contributed by atoms with Gasteiger partial charge in [0, 0.05) is 24.2 Å². The summed E-state index contributed by atoms with van der Waals surface area (Å²) in [7, 11) is 0. The van der Waals surface area contributed by atoms with Crippen molar-refractivity contribution in [3.05, 3.63) is 51.5 Å². The molecule has 1 aromatic heterocycles. The fourth-order valence-electron chi connectivity index (χ4n) is 1.62. The van der Waals surface area contributed by atoms with Gasteiger partial charge in [-0.2, -0.15) is 0 Å². The summed E-state index contributed by atoms with van der Waals surface area (Å²) in [5.41, 5.74) is 2.71. The highest BCUT2D eigenvalue weighted by molar-refractivity contribution is 7.11. The predicted molar refractivity (Wildman–Crippen MR) is 68.6 cm³/mol. The number of aryl methyl sites for hydroxylation is 2. The fraction of sp³-hybridized carbons (Fsp3) is 0.308. The Morgan fingerprint density at radius 3 is 2.69 bits per heavy atom. The van der Waals surface area contributed by atoms with Crippen LogP contribution >= 0.6 is 11.3 Å². The largest absolute Gasteiger partial charge is 0.308 e. The van der Waals surface area contributed by atoms with E-state index in [0.29, 0.717) is 0 Å². The highest BCUT2D eigenvalue weighted by Crippen LogP contribution is 2.11. The Balaban J connectivity index is 1.87. The maximum Gasteiger partial charge on any atom is 0.0897 e. The third kappa shape index (κ3) is 2.90. The van der Waals surface area contributed by atoms with Gasteiger partial charge in [0.05, 0.1) is 5.01 Å². The van der Waals surface area contributed by atoms with Gasteiger partial charge in [-0.05, 0) is 25.0 Å². The van der Waals surface area contributed by atoms with E-state index in [1.165, 1.54) is 16.0 Å². The lowest BCUT2D eigenvalue weighted by molar-refractivity contribution is 0.697. The van der Waals surface area contributed by atoms with E-state index in [-0.39, 0.29) is 0 Å². The van der Waals surface area contributed by atoms with Crippen molar-refractivity contribution in [1.82, 2.24) is 10.3 Å². The summed E-state index contributed by atoms with van der Waals surface area (Å²) in [6.07, 6.45) is 1.95. The van der Waals surface area contributed by atoms with E-state index in [1.807, 2.05) is 13.1 Å². The van der Waals surface area contributed by atoms with Crippen LogP contribution in [0.15, 0.2) is 30.5 Å². The van der Waals surface area contributed by atoms with Crippen LogP contribution in [-0.4, -0.2) is 4.98 Å². The maximum absolute atomic E-state index is 4.24. The Labute approximate surface area is 100 Å². The maximum atomic E-state index is 4.24. The zero-order valence-corrected chi connectivity index (χ0v) is 10.5. The van der Waals surface area contributed by atoms with E-state index in [0.717, 1.165) is 18.1 Å². The smallest absolute Gasteiger partial charge is 0.0897 e. The lowest BCUT2D eigenvalue weighted by Gasteiger charge is -2.06. The van der Waals surface area contributed by atoms with Gasteiger partial charge in [-0.1, -0.05) is 24.3 Å². The summed E-state index contributed by atoms with van der Waals surface area (Å²) in [5, 5.41) is 4.57. The van der Waals surface area contributed by atoms with Crippen LogP contribution in [0.4, 0.5) is 0 Å². The number of rotatable bonds is 4. The molecule has 0 fully saturated rings. The second kappa shape index (κ2) is 5.23. The molecule has 0 aliphatic rings. The van der Waals surface area contributed by atoms with Crippen molar-refractivity contribution in [3.63, 3.8) is 0 Å². The van der Waals surface area contributed by atoms with Crippen LogP contribution in [0.2, 0.25) is 0 Å². The monoisotopic (exact) mass is 232 g/mol. The topological polar surface area (TPSA) is 24.9 Å². The van der Waals surface area contributed by atoms with Crippen LogP contribution in [-0.2, 0) is 13.1 Å². The summed E-state index contributed by atoms with van der Waals surface area (Å²) in [6, 6.07) is 8.47. The lowest BCUT2D eigenvalue weighted by Crippen LogP contribution is -2.12. The summed E-state index contributed by atoms with van der Waals surface area (Å²) >= 11 is 1.75. The molecule has 16 heavy (non-hydrogen) atoms. The molecule has 84 valence electrons. The predicted octanol–water partition coefficient (Wildman–Crippen LogP) is 3.05. The Bertz CT molecular complexity index is 462. The number of thiazole rings is 1. The first-order valence-electron chi connectivity index (χ1n) is 5.42. The van der Waals surface area contributed by atoms with E-state index < -0.39 is 0 Å². The number of aromatic nitrogens is 1. The number of hydrogen-bond acceptors (Lipinski definition) is 3. The first-order valence-corrected chi connectivity index (χ1v) is 6.24. The van der Waals surface area contributed by atoms with Gasteiger partial charge in [0.1, 0.15) is 0 Å². The van der Waals surface area contributed by atoms with Crippen LogP contribution in [0.5, 0.6) is 0 Å². The van der Waals surface area contributed by atoms with E-state index >= 15 is 0 Å². The Morgan fingerprint density at radius 1 is 1.19 bits per heavy atom. The Hall–Kier alpha value is -1.19. The Morgan fingerprint density at radius 2 is 2.00 bits per heavy atom. The van der Waals surface area contributed by atoms with Crippen LogP contribution in [0.1, 0.15) is 21.0 Å². The quantitative estimate of drug-likeness (QED) is 0.876. The van der Waals surface area contributed by atoms with Crippen molar-refractivity contribution in [2.24, 2.45) is 0 Å². The molecule has 0 saturated heterocycles. The van der Waals surface area contributed by atoms with Gasteiger partial charge in [0.15, 0.2) is 0 Å². The number of benzene rings is 1. The van der Waals surface area contributed by atoms with Crippen molar-refractivity contribution in [2.75, 3.05) is 0 Å². The van der Waals surface area contributed by atoms with Gasteiger partial charge in [0.2, 0.25) is 0 Å². The van der Waals surface area contributed by atoms with Crippen molar-refractivity contribution in [3.8, 4) is 0 Å². The molecule has 2 rings (SSSR count). The fourth-order valence-corrected chi connectivity index (χ4v) is 2.38. The highest BCUT2D eigenvalue weighted by atomic mass is 32.1. The van der Waals surface area contributed by atoms with Gasteiger partial charge >= 0.3 is 0 Å². The van der Waals surface area contributed by atoms with Gasteiger partial charge in [-0.25, -0.2) is 4.98 Å². The molecular weight excluding hydrogens is 216 g/mol. The summed E-state index contributed by atoms with van der Waals surface area (Å²) < 4.78 is 0. The zero-order chi connectivity index (χ0) is 11.4. The molecule has 0 atom stereocenters. The third-order valence-electron chi connectivity index (χ3n) is 2.55. The average Bonchev–Trinajstić information content (AvgIpc) is 2.67. The van der Waals surface area contributed by atoms with Gasteiger partial charge in [-0.15, -0.1) is 11.3 Å². The van der Waals surface area contributed by atoms with E-state index in [2.05, 4.69) is 41.5 Å². The minimum absolute atomic E-state index is 0.903. The van der Waals surface area contributed by atoms with Crippen molar-refractivity contribution in [2.45, 2.75) is 26.9 Å². The summed E-state index contributed by atoms with van der Waals surface area (Å²) in [4.78, 5) is 5.54. The molecule has 0 saturated carbocycles. The Kier molecular flexibility index (Phi) is 3.70. The van der Waals surface area contributed by atoms with Crippen LogP contribution in [0.25, 0.3) is 0 Å². The molecule has 2 nitrogen and oxygen atoms in total. The van der Waals surface area contributed by atoms with Crippen molar-refractivity contribution in [1.29, 1.82) is 0 Å². The molecule has 0 amide bonds. The van der Waals surface area contributed by atoms with E-state index in [1.54, 1.807) is 11.3 Å². The molecule has 0 aliphatic heterocycles. The number of nitrogens with zero attached hydrogens (tertiary/aromatic N) is 1. The summed E-state index contributed by atoms with van der Waals surface area (Å²) in [5.74, 6) is 0. The van der Waals surface area contributed by atoms with E-state index in [9.17, 15) is 0 Å². The van der Waals surface area contributed by atoms with Crippen molar-refractivity contribution < 1.29 is 0 Å². The van der Waals surface area contributed by atoms with Crippen molar-refractivity contribution >= 4 is 11.3 Å². The molecule has 3 heteroatoms. The van der Waals surface area contributed by atoms with Crippen LogP contribution in [0, 0.1) is 13.8 Å².